The van der Waals surface area contributed by atoms with E-state index in [0.29, 0.717) is 24.8 Å². The van der Waals surface area contributed by atoms with Crippen LogP contribution in [-0.2, 0) is 14.3 Å². The summed E-state index contributed by atoms with van der Waals surface area (Å²) < 4.78 is 12.4. The van der Waals surface area contributed by atoms with Crippen LogP contribution in [0.15, 0.2) is 24.3 Å². The van der Waals surface area contributed by atoms with Gasteiger partial charge in [-0.15, -0.1) is 0 Å². The van der Waals surface area contributed by atoms with Crippen molar-refractivity contribution >= 4 is 5.97 Å². The number of rotatable bonds is 11. The lowest BCUT2D eigenvalue weighted by Gasteiger charge is -2.68. The first-order valence-corrected chi connectivity index (χ1v) is 16.6. The van der Waals surface area contributed by atoms with Crippen molar-refractivity contribution in [3.8, 4) is 0 Å². The molecule has 1 saturated heterocycles. The molecule has 4 aliphatic rings. The Morgan fingerprint density at radius 2 is 1.67 bits per heavy atom. The minimum Gasteiger partial charge on any atom is -0.481 e. The van der Waals surface area contributed by atoms with Gasteiger partial charge >= 0.3 is 5.97 Å². The summed E-state index contributed by atoms with van der Waals surface area (Å²) in [6.45, 7) is 19.9. The average molecular weight is 639 g/mol. The Bertz CT molecular complexity index is 1120. The van der Waals surface area contributed by atoms with E-state index in [1.807, 2.05) is 6.92 Å². The fourth-order valence-corrected chi connectivity index (χ4v) is 10.5. The molecule has 4 fully saturated rings. The van der Waals surface area contributed by atoms with Crippen molar-refractivity contribution in [3.63, 3.8) is 0 Å². The lowest BCUT2D eigenvalue weighted by atomic mass is 9.37. The third-order valence-corrected chi connectivity index (χ3v) is 13.2. The van der Waals surface area contributed by atoms with Crippen molar-refractivity contribution in [2.75, 3.05) is 6.61 Å². The van der Waals surface area contributed by atoms with E-state index >= 15 is 0 Å². The van der Waals surface area contributed by atoms with Gasteiger partial charge in [0.25, 0.3) is 0 Å². The van der Waals surface area contributed by atoms with Crippen LogP contribution in [0, 0.1) is 39.9 Å². The molecule has 258 valence electrons. The summed E-state index contributed by atoms with van der Waals surface area (Å²) in [5.41, 5.74) is -1.05. The number of aliphatic hydroxyl groups excluding tert-OH is 5. The van der Waals surface area contributed by atoms with Gasteiger partial charge in [0.05, 0.1) is 24.4 Å². The molecule has 10 nitrogen and oxygen atoms in total. The number of allylic oxidation sites excluding steroid dienone is 1. The lowest BCUT2D eigenvalue weighted by molar-refractivity contribution is -0.312. The minimum atomic E-state index is -1.49. The number of ether oxygens (including phenoxy) is 2. The van der Waals surface area contributed by atoms with Gasteiger partial charge in [-0.25, -0.2) is 0 Å². The average Bonchev–Trinajstić information content (AvgIpc) is 3.32. The maximum atomic E-state index is 12.1. The van der Waals surface area contributed by atoms with Crippen LogP contribution in [0.2, 0.25) is 0 Å². The molecule has 3 aliphatic carbocycles. The first-order valence-electron chi connectivity index (χ1n) is 16.6. The Morgan fingerprint density at radius 3 is 2.24 bits per heavy atom. The Hall–Kier alpha value is -1.37. The first kappa shape index (κ1) is 36.5. The highest BCUT2D eigenvalue weighted by molar-refractivity contribution is 5.66. The fourth-order valence-electron chi connectivity index (χ4n) is 10.5. The summed E-state index contributed by atoms with van der Waals surface area (Å²) in [6.07, 6.45) is -4.32. The van der Waals surface area contributed by atoms with Crippen molar-refractivity contribution in [1.82, 2.24) is 0 Å². The highest BCUT2D eigenvalue weighted by atomic mass is 16.7. The largest absolute Gasteiger partial charge is 0.481 e. The smallest absolute Gasteiger partial charge is 0.303 e. The van der Waals surface area contributed by atoms with Crippen LogP contribution in [0.3, 0.4) is 0 Å². The fraction of sp³-hybridized carbons (Fsp3) is 0.857. The molecular formula is C35H58O10. The summed E-state index contributed by atoms with van der Waals surface area (Å²) in [7, 11) is 0. The molecule has 15 atom stereocenters. The van der Waals surface area contributed by atoms with Crippen LogP contribution in [0.5, 0.6) is 0 Å². The number of fused-ring (bicyclic) bond motifs is 3. The summed E-state index contributed by atoms with van der Waals surface area (Å²) in [5.74, 6) is -1.36. The molecule has 0 amide bonds. The lowest BCUT2D eigenvalue weighted by Crippen LogP contribution is -2.65. The van der Waals surface area contributed by atoms with Gasteiger partial charge in [-0.3, -0.25) is 4.79 Å². The standard InChI is InChI=1S/C35H58O10/c1-18(2)20-9-13-33(6)25(32(20,5)12-11-26(38)39)15-24(45-31-30(42)29(41)23(37)17-44-31)27-21(10-14-34(27,33)7)35(8,43)16-22(36)28(40)19(3)4/h20-25,27-31,36-37,40-43H,1,3,9-17H2,2,4-8H3,(H,38,39)/t20?,21?,22?,23-,24?,25?,27?,28?,29+,30-,31+,32?,33?,34?,35?/m1/s1. The summed E-state index contributed by atoms with van der Waals surface area (Å²) in [5, 5.41) is 74.7. The second-order valence-corrected chi connectivity index (χ2v) is 16.0. The quantitative estimate of drug-likeness (QED) is 0.131. The Labute approximate surface area is 268 Å². The van der Waals surface area contributed by atoms with E-state index in [9.17, 15) is 40.5 Å². The molecular weight excluding hydrogens is 580 g/mol. The van der Waals surface area contributed by atoms with Crippen molar-refractivity contribution in [2.45, 2.75) is 141 Å². The van der Waals surface area contributed by atoms with E-state index in [1.54, 1.807) is 13.8 Å². The van der Waals surface area contributed by atoms with Crippen LogP contribution in [0.4, 0.5) is 0 Å². The second-order valence-electron chi connectivity index (χ2n) is 16.0. The van der Waals surface area contributed by atoms with Crippen LogP contribution in [0.25, 0.3) is 0 Å². The molecule has 0 aromatic heterocycles. The third-order valence-electron chi connectivity index (χ3n) is 13.2. The summed E-state index contributed by atoms with van der Waals surface area (Å²) in [6, 6.07) is 0. The summed E-state index contributed by atoms with van der Waals surface area (Å²) in [4.78, 5) is 11.9. The molecule has 11 unspecified atom stereocenters. The highest BCUT2D eigenvalue weighted by Crippen LogP contribution is 2.74. The van der Waals surface area contributed by atoms with E-state index in [-0.39, 0.29) is 48.5 Å². The van der Waals surface area contributed by atoms with E-state index in [4.69, 9.17) is 9.47 Å². The van der Waals surface area contributed by atoms with Gasteiger partial charge in [0.1, 0.15) is 24.4 Å². The third kappa shape index (κ3) is 6.31. The van der Waals surface area contributed by atoms with Gasteiger partial charge in [-0.2, -0.15) is 0 Å². The van der Waals surface area contributed by atoms with Gasteiger partial charge in [0.15, 0.2) is 6.29 Å². The van der Waals surface area contributed by atoms with Gasteiger partial charge in [-0.1, -0.05) is 39.5 Å². The van der Waals surface area contributed by atoms with Gasteiger partial charge in [-0.05, 0) is 105 Å². The Balaban J connectivity index is 1.79. The van der Waals surface area contributed by atoms with E-state index in [2.05, 4.69) is 33.9 Å². The number of hydrogen-bond acceptors (Lipinski definition) is 9. The molecule has 0 aromatic carbocycles. The number of carboxylic acid groups (broad SMARTS) is 1. The Morgan fingerprint density at radius 1 is 1.04 bits per heavy atom. The van der Waals surface area contributed by atoms with Crippen molar-refractivity contribution in [3.05, 3.63) is 24.3 Å². The zero-order valence-corrected chi connectivity index (χ0v) is 28.0. The SMILES string of the molecule is C=C(C)C(O)C(O)CC(C)(O)C1CCC2(C)C1C(O[C@@H]1OC[C@@H](O)[C@H](O)[C@H]1O)CC1C(C)(CCC(=O)O)C(C(=C)C)CCC12C. The predicted molar refractivity (Wildman–Crippen MR) is 168 cm³/mol. The van der Waals surface area contributed by atoms with E-state index in [0.717, 1.165) is 24.8 Å². The van der Waals surface area contributed by atoms with Crippen LogP contribution < -0.4 is 0 Å². The Kier molecular flexibility index (Phi) is 10.5. The second kappa shape index (κ2) is 12.9. The summed E-state index contributed by atoms with van der Waals surface area (Å²) >= 11 is 0. The maximum absolute atomic E-state index is 12.1. The highest BCUT2D eigenvalue weighted by Gasteiger charge is 2.70. The van der Waals surface area contributed by atoms with Gasteiger partial charge in [0.2, 0.25) is 0 Å². The molecule has 0 radical (unpaired) electrons. The molecule has 10 heteroatoms. The number of hydrogen-bond donors (Lipinski definition) is 7. The monoisotopic (exact) mass is 638 g/mol. The zero-order valence-electron chi connectivity index (χ0n) is 28.0. The molecule has 7 N–H and O–H groups in total. The maximum Gasteiger partial charge on any atom is 0.303 e. The molecule has 1 heterocycles. The number of carbonyl (C=O) groups is 1. The molecule has 1 aliphatic heterocycles. The number of aliphatic hydroxyl groups is 6. The molecule has 0 spiro atoms. The van der Waals surface area contributed by atoms with Crippen LogP contribution in [-0.4, -0.2) is 96.8 Å². The molecule has 0 aromatic rings. The number of carboxylic acids is 1. The zero-order chi connectivity index (χ0) is 33.9. The normalized spacial score (nSPS) is 45.9. The van der Waals surface area contributed by atoms with Crippen molar-refractivity contribution < 1.29 is 50.0 Å². The van der Waals surface area contributed by atoms with Crippen LogP contribution in [0.1, 0.15) is 92.9 Å². The van der Waals surface area contributed by atoms with Crippen LogP contribution >= 0.6 is 0 Å². The molecule has 4 rings (SSSR count). The van der Waals surface area contributed by atoms with E-state index < -0.39 is 65.3 Å². The van der Waals surface area contributed by atoms with Gasteiger partial charge in [0, 0.05) is 12.8 Å². The minimum absolute atomic E-state index is 0.00169. The van der Waals surface area contributed by atoms with E-state index in [1.165, 1.54) is 0 Å². The van der Waals surface area contributed by atoms with Gasteiger partial charge < -0.3 is 45.2 Å². The van der Waals surface area contributed by atoms with Crippen molar-refractivity contribution in [2.24, 2.45) is 39.9 Å². The first-order chi connectivity index (χ1) is 20.7. The number of aliphatic carboxylic acids is 1. The topological polar surface area (TPSA) is 177 Å². The molecule has 45 heavy (non-hydrogen) atoms. The predicted octanol–water partition coefficient (Wildman–Crippen LogP) is 3.17. The molecule has 0 bridgehead atoms. The van der Waals surface area contributed by atoms with Crippen molar-refractivity contribution in [1.29, 1.82) is 0 Å². The molecule has 3 saturated carbocycles.